The fraction of sp³-hybridized carbons (Fsp3) is 0.120. The molecule has 0 aliphatic rings. The molecule has 6 aromatic rings. The molecule has 0 spiro atoms. The molecule has 0 saturated carbocycles. The van der Waals surface area contributed by atoms with Gasteiger partial charge in [0.1, 0.15) is 19.5 Å². The summed E-state index contributed by atoms with van der Waals surface area (Å²) in [4.78, 5) is 3.30. The van der Waals surface area contributed by atoms with Gasteiger partial charge in [-0.25, -0.2) is 4.52 Å². The van der Waals surface area contributed by atoms with E-state index in [1.165, 1.54) is 0 Å². The Morgan fingerprint density at radius 2 is 1.88 bits per heavy atom. The first kappa shape index (κ1) is 19.8. The molecule has 164 valence electrons. The van der Waals surface area contributed by atoms with Crippen molar-refractivity contribution < 1.29 is 9.30 Å². The molecule has 0 radical (unpaired) electrons. The molecule has 0 atom stereocenters. The highest BCUT2D eigenvalue weighted by molar-refractivity contribution is 7.70. The van der Waals surface area contributed by atoms with Crippen LogP contribution in [0.4, 0.5) is 0 Å². The van der Waals surface area contributed by atoms with Crippen molar-refractivity contribution in [2.45, 2.75) is 6.61 Å². The highest BCUT2D eigenvalue weighted by atomic mass is 31.2. The maximum Gasteiger partial charge on any atom is 0.178 e. The minimum absolute atomic E-state index is 0.458. The van der Waals surface area contributed by atoms with Gasteiger partial charge in [-0.05, 0) is 42.7 Å². The number of hydrogen-bond acceptors (Lipinski definition) is 4. The Morgan fingerprint density at radius 3 is 2.70 bits per heavy atom. The van der Waals surface area contributed by atoms with Crippen LogP contribution in [0.5, 0.6) is 5.75 Å². The Balaban J connectivity index is 1.57. The van der Waals surface area contributed by atoms with Crippen molar-refractivity contribution in [3.05, 3.63) is 78.8 Å². The Bertz CT molecular complexity index is 1670. The largest absolute Gasteiger partial charge is 0.487 e. The van der Waals surface area contributed by atoms with Gasteiger partial charge in [-0.15, -0.1) is 5.10 Å². The van der Waals surface area contributed by atoms with Crippen LogP contribution in [0.25, 0.3) is 38.6 Å². The van der Waals surface area contributed by atoms with Crippen LogP contribution in [0.3, 0.4) is 0 Å². The SMILES string of the molecule is CP(C)(=O)c1ccc(-c2cc(OCc3ccccc3)cn3nc4[nH]ncc4c23)c2cc[nH]c12. The number of aromatic nitrogens is 5. The highest BCUT2D eigenvalue weighted by Gasteiger charge is 2.21. The fourth-order valence-electron chi connectivity index (χ4n) is 4.39. The first-order valence-electron chi connectivity index (χ1n) is 10.7. The maximum atomic E-state index is 12.9. The topological polar surface area (TPSA) is 88.1 Å². The molecule has 33 heavy (non-hydrogen) atoms. The third kappa shape index (κ3) is 3.33. The van der Waals surface area contributed by atoms with Gasteiger partial charge in [-0.1, -0.05) is 36.4 Å². The van der Waals surface area contributed by atoms with Gasteiger partial charge in [-0.2, -0.15) is 5.10 Å². The van der Waals surface area contributed by atoms with Crippen LogP contribution in [0.2, 0.25) is 0 Å². The molecule has 0 aliphatic heterocycles. The minimum atomic E-state index is -2.45. The zero-order valence-corrected chi connectivity index (χ0v) is 19.1. The summed E-state index contributed by atoms with van der Waals surface area (Å²) >= 11 is 0. The molecule has 0 amide bonds. The van der Waals surface area contributed by atoms with E-state index in [4.69, 9.17) is 4.74 Å². The summed E-state index contributed by atoms with van der Waals surface area (Å²) in [7, 11) is -2.45. The van der Waals surface area contributed by atoms with E-state index in [-0.39, 0.29) is 0 Å². The number of benzene rings is 2. The molecule has 0 saturated heterocycles. The van der Waals surface area contributed by atoms with Crippen LogP contribution >= 0.6 is 7.14 Å². The lowest BCUT2D eigenvalue weighted by molar-refractivity contribution is 0.304. The maximum absolute atomic E-state index is 12.9. The predicted octanol–water partition coefficient (Wildman–Crippen LogP) is 5.19. The van der Waals surface area contributed by atoms with Gasteiger partial charge in [0.15, 0.2) is 5.65 Å². The van der Waals surface area contributed by atoms with E-state index in [0.717, 1.165) is 43.8 Å². The third-order valence-corrected chi connectivity index (χ3v) is 7.46. The minimum Gasteiger partial charge on any atom is -0.487 e. The highest BCUT2D eigenvalue weighted by Crippen LogP contribution is 2.41. The fourth-order valence-corrected chi connectivity index (χ4v) is 5.55. The predicted molar refractivity (Wildman–Crippen MR) is 132 cm³/mol. The van der Waals surface area contributed by atoms with Crippen LogP contribution < -0.4 is 10.0 Å². The molecule has 2 N–H and O–H groups in total. The zero-order valence-electron chi connectivity index (χ0n) is 18.2. The molecular formula is C25H22N5O2P. The van der Waals surface area contributed by atoms with Crippen molar-refractivity contribution in [3.8, 4) is 16.9 Å². The van der Waals surface area contributed by atoms with E-state index < -0.39 is 7.14 Å². The molecule has 8 heteroatoms. The number of pyridine rings is 1. The summed E-state index contributed by atoms with van der Waals surface area (Å²) < 4.78 is 20.9. The number of nitrogens with one attached hydrogen (secondary N) is 2. The molecular weight excluding hydrogens is 433 g/mol. The van der Waals surface area contributed by atoms with Gasteiger partial charge in [0.2, 0.25) is 0 Å². The monoisotopic (exact) mass is 455 g/mol. The molecule has 0 unspecified atom stereocenters. The van der Waals surface area contributed by atoms with Crippen LogP contribution in [0.1, 0.15) is 5.56 Å². The van der Waals surface area contributed by atoms with Crippen molar-refractivity contribution >= 4 is 39.9 Å². The lowest BCUT2D eigenvalue weighted by Crippen LogP contribution is -2.05. The van der Waals surface area contributed by atoms with E-state index in [0.29, 0.717) is 18.0 Å². The number of H-pyrrole nitrogens is 2. The molecule has 2 aromatic carbocycles. The molecule has 0 fully saturated rings. The molecule has 6 rings (SSSR count). The van der Waals surface area contributed by atoms with Gasteiger partial charge >= 0.3 is 0 Å². The summed E-state index contributed by atoms with van der Waals surface area (Å²) in [6, 6.07) is 18.2. The molecule has 0 aliphatic carbocycles. The standard InChI is InChI=1S/C25H22N5O2P/c1-33(2,31)22-9-8-18(19-10-11-26-23(19)22)20-12-17(32-15-16-6-4-3-5-7-16)14-30-24(20)21-13-27-28-25(21)29-30/h3-14,26H,15H2,1-2H3,(H,28,29). The van der Waals surface area contributed by atoms with Crippen molar-refractivity contribution in [1.82, 2.24) is 24.8 Å². The van der Waals surface area contributed by atoms with Crippen molar-refractivity contribution in [3.63, 3.8) is 0 Å². The lowest BCUT2D eigenvalue weighted by Gasteiger charge is -2.14. The molecule has 4 heterocycles. The van der Waals surface area contributed by atoms with Crippen molar-refractivity contribution in [1.29, 1.82) is 0 Å². The van der Waals surface area contributed by atoms with E-state index in [1.54, 1.807) is 19.5 Å². The van der Waals surface area contributed by atoms with Crippen LogP contribution in [-0.4, -0.2) is 38.1 Å². The Kier molecular flexibility index (Phi) is 4.42. The van der Waals surface area contributed by atoms with E-state index >= 15 is 0 Å². The zero-order chi connectivity index (χ0) is 22.6. The van der Waals surface area contributed by atoms with Gasteiger partial charge in [0.25, 0.3) is 0 Å². The second-order valence-corrected chi connectivity index (χ2v) is 11.7. The number of fused-ring (bicyclic) bond motifs is 4. The second kappa shape index (κ2) is 7.36. The van der Waals surface area contributed by atoms with E-state index in [2.05, 4.69) is 20.3 Å². The first-order chi connectivity index (χ1) is 16.0. The number of nitrogens with zero attached hydrogens (tertiary/aromatic N) is 3. The van der Waals surface area contributed by atoms with Gasteiger partial charge in [0, 0.05) is 22.5 Å². The summed E-state index contributed by atoms with van der Waals surface area (Å²) in [5.74, 6) is 0.712. The van der Waals surface area contributed by atoms with Crippen molar-refractivity contribution in [2.24, 2.45) is 0 Å². The summed E-state index contributed by atoms with van der Waals surface area (Å²) in [5.41, 5.74) is 5.64. The summed E-state index contributed by atoms with van der Waals surface area (Å²) in [6.45, 7) is 4.05. The quantitative estimate of drug-likeness (QED) is 0.351. The number of aromatic amines is 2. The Hall–Kier alpha value is -3.83. The average molecular weight is 455 g/mol. The van der Waals surface area contributed by atoms with Crippen LogP contribution in [-0.2, 0) is 11.2 Å². The number of rotatable bonds is 5. The normalized spacial score (nSPS) is 12.2. The smallest absolute Gasteiger partial charge is 0.178 e. The first-order valence-corrected chi connectivity index (χ1v) is 13.3. The number of ether oxygens (including phenoxy) is 1. The van der Waals surface area contributed by atoms with Crippen molar-refractivity contribution in [2.75, 3.05) is 13.3 Å². The summed E-state index contributed by atoms with van der Waals surface area (Å²) in [6.07, 6.45) is 5.58. The lowest BCUT2D eigenvalue weighted by atomic mass is 10.0. The Morgan fingerprint density at radius 1 is 1.03 bits per heavy atom. The van der Waals surface area contributed by atoms with Gasteiger partial charge in [0.05, 0.1) is 28.8 Å². The molecule has 4 aromatic heterocycles. The summed E-state index contributed by atoms with van der Waals surface area (Å²) in [5, 5.41) is 14.6. The van der Waals surface area contributed by atoms with Gasteiger partial charge in [-0.3, -0.25) is 5.10 Å². The second-order valence-electron chi connectivity index (χ2n) is 8.54. The van der Waals surface area contributed by atoms with Crippen LogP contribution in [0.15, 0.2) is 73.2 Å². The van der Waals surface area contributed by atoms with E-state index in [9.17, 15) is 4.57 Å². The number of hydrogen-bond donors (Lipinski definition) is 2. The average Bonchev–Trinajstić information content (AvgIpc) is 3.52. The van der Waals surface area contributed by atoms with Gasteiger partial charge < -0.3 is 14.3 Å². The molecule has 0 bridgehead atoms. The van der Waals surface area contributed by atoms with E-state index in [1.807, 2.05) is 71.5 Å². The van der Waals surface area contributed by atoms with Crippen LogP contribution in [0, 0.1) is 0 Å². The Labute approximate surface area is 189 Å². The third-order valence-electron chi connectivity index (χ3n) is 5.92. The molecule has 7 nitrogen and oxygen atoms in total.